The van der Waals surface area contributed by atoms with Crippen molar-refractivity contribution in [2.45, 2.75) is 26.3 Å². The maximum atomic E-state index is 12.3. The summed E-state index contributed by atoms with van der Waals surface area (Å²) < 4.78 is 5.05. The number of benzene rings is 2. The van der Waals surface area contributed by atoms with E-state index in [-0.39, 0.29) is 11.6 Å². The van der Waals surface area contributed by atoms with Crippen LogP contribution in [0.25, 0.3) is 0 Å². The van der Waals surface area contributed by atoms with Gasteiger partial charge in [0.25, 0.3) is 17.6 Å². The number of hydrogen-bond acceptors (Lipinski definition) is 5. The van der Waals surface area contributed by atoms with Crippen LogP contribution in [0.3, 0.4) is 0 Å². The van der Waals surface area contributed by atoms with E-state index in [4.69, 9.17) is 4.74 Å². The summed E-state index contributed by atoms with van der Waals surface area (Å²) in [7, 11) is 0. The van der Waals surface area contributed by atoms with E-state index >= 15 is 0 Å². The second kappa shape index (κ2) is 9.35. The lowest BCUT2D eigenvalue weighted by atomic mass is 9.97. The third kappa shape index (κ3) is 4.92. The average Bonchev–Trinajstić information content (AvgIpc) is 2.97. The summed E-state index contributed by atoms with van der Waals surface area (Å²) in [6, 6.07) is 15.8. The van der Waals surface area contributed by atoms with Crippen molar-refractivity contribution in [3.05, 3.63) is 65.7 Å². The topological polar surface area (TPSA) is 92.8 Å². The fourth-order valence-electron chi connectivity index (χ4n) is 3.40. The number of esters is 1. The number of carbonyl (C=O) groups excluding carboxylic acids is 4. The summed E-state index contributed by atoms with van der Waals surface area (Å²) >= 11 is 0. The fourth-order valence-corrected chi connectivity index (χ4v) is 3.40. The third-order valence-corrected chi connectivity index (χ3v) is 4.77. The Morgan fingerprint density at radius 1 is 1.00 bits per heavy atom. The first-order valence-electron chi connectivity index (χ1n) is 9.82. The summed E-state index contributed by atoms with van der Waals surface area (Å²) in [5.41, 5.74) is 1.60. The molecule has 0 radical (unpaired) electrons. The van der Waals surface area contributed by atoms with Gasteiger partial charge >= 0.3 is 5.97 Å². The minimum Gasteiger partial charge on any atom is -0.454 e. The number of hydrogen-bond donors (Lipinski definition) is 1. The Kier molecular flexibility index (Phi) is 6.61. The molecule has 0 aromatic heterocycles. The number of amides is 2. The van der Waals surface area contributed by atoms with Gasteiger partial charge in [-0.1, -0.05) is 56.3 Å². The Morgan fingerprint density at radius 3 is 2.37 bits per heavy atom. The molecule has 0 spiro atoms. The van der Waals surface area contributed by atoms with Crippen LogP contribution in [0.15, 0.2) is 54.6 Å². The lowest BCUT2D eigenvalue weighted by Gasteiger charge is -2.21. The van der Waals surface area contributed by atoms with Gasteiger partial charge in [-0.05, 0) is 30.0 Å². The Morgan fingerprint density at radius 2 is 1.67 bits per heavy atom. The van der Waals surface area contributed by atoms with Crippen molar-refractivity contribution < 1.29 is 23.9 Å². The third-order valence-electron chi connectivity index (χ3n) is 4.77. The molecule has 1 heterocycles. The van der Waals surface area contributed by atoms with Gasteiger partial charge in [-0.3, -0.25) is 24.1 Å². The van der Waals surface area contributed by atoms with Crippen LogP contribution < -0.4 is 10.2 Å². The second-order valence-corrected chi connectivity index (χ2v) is 7.56. The highest BCUT2D eigenvalue weighted by molar-refractivity contribution is 6.52. The zero-order valence-electron chi connectivity index (χ0n) is 17.0. The Balaban J connectivity index is 1.56. The molecule has 7 nitrogen and oxygen atoms in total. The lowest BCUT2D eigenvalue weighted by Crippen LogP contribution is -2.38. The van der Waals surface area contributed by atoms with Crippen molar-refractivity contribution in [1.29, 1.82) is 0 Å². The first kappa shape index (κ1) is 21.2. The van der Waals surface area contributed by atoms with Crippen LogP contribution in [0.5, 0.6) is 0 Å². The summed E-state index contributed by atoms with van der Waals surface area (Å²) in [6.45, 7) is 3.24. The number of carbonyl (C=O) groups is 4. The highest BCUT2D eigenvalue weighted by Gasteiger charge is 2.36. The SMILES string of the molecule is CC(C)C[C@@H](NC(=O)COC(=O)CN1C(=O)C(=O)c2ccccc21)c1ccccc1. The summed E-state index contributed by atoms with van der Waals surface area (Å²) in [4.78, 5) is 49.7. The molecule has 7 heteroatoms. The number of fused-ring (bicyclic) bond motifs is 1. The van der Waals surface area contributed by atoms with Crippen molar-refractivity contribution >= 4 is 29.3 Å². The minimum absolute atomic E-state index is 0.193. The largest absolute Gasteiger partial charge is 0.454 e. The maximum absolute atomic E-state index is 12.3. The van der Waals surface area contributed by atoms with Gasteiger partial charge in [0.15, 0.2) is 6.61 Å². The first-order valence-corrected chi connectivity index (χ1v) is 9.82. The molecule has 3 rings (SSSR count). The van der Waals surface area contributed by atoms with Crippen LogP contribution in [0, 0.1) is 5.92 Å². The van der Waals surface area contributed by atoms with Crippen LogP contribution >= 0.6 is 0 Å². The molecule has 1 N–H and O–H groups in total. The van der Waals surface area contributed by atoms with E-state index < -0.39 is 36.7 Å². The Hall–Kier alpha value is -3.48. The number of Topliss-reactive ketones (excluding diaryl/α,β-unsaturated/α-hetero) is 1. The predicted octanol–water partition coefficient (Wildman–Crippen LogP) is 2.66. The van der Waals surface area contributed by atoms with E-state index in [1.165, 1.54) is 6.07 Å². The highest BCUT2D eigenvalue weighted by atomic mass is 16.5. The molecule has 0 saturated heterocycles. The van der Waals surface area contributed by atoms with Gasteiger partial charge in [-0.2, -0.15) is 0 Å². The number of nitrogens with one attached hydrogen (secondary N) is 1. The smallest absolute Gasteiger partial charge is 0.326 e. The van der Waals surface area contributed by atoms with E-state index in [0.717, 1.165) is 16.9 Å². The standard InChI is InChI=1S/C23H24N2O5/c1-15(2)12-18(16-8-4-3-5-9-16)24-20(26)14-30-21(27)13-25-19-11-7-6-10-17(19)22(28)23(25)29/h3-11,15,18H,12-14H2,1-2H3,(H,24,26)/t18-/m1/s1. The van der Waals surface area contributed by atoms with Gasteiger partial charge in [0.1, 0.15) is 6.54 Å². The molecule has 156 valence electrons. The summed E-state index contributed by atoms with van der Waals surface area (Å²) in [5, 5.41) is 2.89. The maximum Gasteiger partial charge on any atom is 0.326 e. The molecule has 0 fully saturated rings. The van der Waals surface area contributed by atoms with E-state index in [1.807, 2.05) is 30.3 Å². The molecule has 0 aliphatic carbocycles. The molecule has 2 amide bonds. The van der Waals surface area contributed by atoms with Crippen LogP contribution in [-0.4, -0.2) is 36.7 Å². The number of ether oxygens (including phenoxy) is 1. The predicted molar refractivity (Wildman–Crippen MR) is 111 cm³/mol. The minimum atomic E-state index is -0.779. The number of nitrogens with zero attached hydrogens (tertiary/aromatic N) is 1. The monoisotopic (exact) mass is 408 g/mol. The van der Waals surface area contributed by atoms with Gasteiger partial charge in [0.2, 0.25) is 0 Å². The number of ketones is 1. The van der Waals surface area contributed by atoms with Crippen molar-refractivity contribution in [3.63, 3.8) is 0 Å². The average molecular weight is 408 g/mol. The molecule has 1 aliphatic heterocycles. The van der Waals surface area contributed by atoms with Gasteiger partial charge in [0, 0.05) is 0 Å². The molecule has 1 atom stereocenters. The number of anilines is 1. The molecule has 30 heavy (non-hydrogen) atoms. The van der Waals surface area contributed by atoms with E-state index in [2.05, 4.69) is 19.2 Å². The molecule has 2 aromatic carbocycles. The first-order chi connectivity index (χ1) is 14.4. The Labute approximate surface area is 175 Å². The Bertz CT molecular complexity index is 955. The van der Waals surface area contributed by atoms with Crippen molar-refractivity contribution in [1.82, 2.24) is 5.32 Å². The van der Waals surface area contributed by atoms with Crippen LogP contribution in [-0.2, 0) is 19.1 Å². The van der Waals surface area contributed by atoms with E-state index in [9.17, 15) is 19.2 Å². The molecular formula is C23H24N2O5. The molecule has 0 unspecified atom stereocenters. The zero-order valence-corrected chi connectivity index (χ0v) is 17.0. The molecule has 0 saturated carbocycles. The van der Waals surface area contributed by atoms with Crippen molar-refractivity contribution in [2.75, 3.05) is 18.1 Å². The van der Waals surface area contributed by atoms with E-state index in [0.29, 0.717) is 11.6 Å². The van der Waals surface area contributed by atoms with Crippen LogP contribution in [0.2, 0.25) is 0 Å². The van der Waals surface area contributed by atoms with Crippen LogP contribution in [0.4, 0.5) is 5.69 Å². The van der Waals surface area contributed by atoms with Gasteiger partial charge < -0.3 is 10.1 Å². The number of para-hydroxylation sites is 1. The van der Waals surface area contributed by atoms with Gasteiger partial charge in [-0.25, -0.2) is 0 Å². The quantitative estimate of drug-likeness (QED) is 0.535. The zero-order chi connectivity index (χ0) is 21.7. The lowest BCUT2D eigenvalue weighted by molar-refractivity contribution is -0.147. The van der Waals surface area contributed by atoms with Gasteiger partial charge in [0.05, 0.1) is 17.3 Å². The summed E-state index contributed by atoms with van der Waals surface area (Å²) in [5.74, 6) is -2.27. The normalized spacial score (nSPS) is 13.9. The molecule has 0 bridgehead atoms. The molecule has 2 aromatic rings. The molecule has 1 aliphatic rings. The van der Waals surface area contributed by atoms with Crippen LogP contribution in [0.1, 0.15) is 42.2 Å². The van der Waals surface area contributed by atoms with E-state index in [1.54, 1.807) is 18.2 Å². The highest BCUT2D eigenvalue weighted by Crippen LogP contribution is 2.28. The number of rotatable bonds is 8. The summed E-state index contributed by atoms with van der Waals surface area (Å²) in [6.07, 6.45) is 0.741. The van der Waals surface area contributed by atoms with Crippen molar-refractivity contribution in [2.24, 2.45) is 5.92 Å². The van der Waals surface area contributed by atoms with Gasteiger partial charge in [-0.15, -0.1) is 0 Å². The fraction of sp³-hybridized carbons (Fsp3) is 0.304. The second-order valence-electron chi connectivity index (χ2n) is 7.56. The molecular weight excluding hydrogens is 384 g/mol. The van der Waals surface area contributed by atoms with Crippen molar-refractivity contribution in [3.8, 4) is 0 Å².